The fourth-order valence-electron chi connectivity index (χ4n) is 3.91. The zero-order valence-corrected chi connectivity index (χ0v) is 17.3. The van der Waals surface area contributed by atoms with E-state index in [4.69, 9.17) is 0 Å². The van der Waals surface area contributed by atoms with Crippen molar-refractivity contribution in [3.8, 4) is 22.3 Å². The summed E-state index contributed by atoms with van der Waals surface area (Å²) in [5.41, 5.74) is 7.83. The minimum Gasteiger partial charge on any atom is -0.321 e. The van der Waals surface area contributed by atoms with Crippen LogP contribution in [0.5, 0.6) is 0 Å². The molecule has 0 radical (unpaired) electrons. The molecular weight excluding hydrogens is 350 g/mol. The number of nitrogens with zero attached hydrogens (tertiary/aromatic N) is 1. The molecule has 0 aliphatic heterocycles. The quantitative estimate of drug-likeness (QED) is 0.324. The predicted octanol–water partition coefficient (Wildman–Crippen LogP) is 6.80. The lowest BCUT2D eigenvalue weighted by molar-refractivity contribution is -0.916. The highest BCUT2D eigenvalue weighted by atomic mass is 15.3. The van der Waals surface area contributed by atoms with Crippen molar-refractivity contribution in [1.29, 1.82) is 0 Å². The van der Waals surface area contributed by atoms with E-state index in [-0.39, 0.29) is 0 Å². The Balaban J connectivity index is 1.42. The molecule has 0 aliphatic carbocycles. The van der Waals surface area contributed by atoms with Crippen LogP contribution in [-0.4, -0.2) is 18.6 Å². The number of hydrogen-bond acceptors (Lipinski definition) is 0. The molecule has 4 aromatic rings. The third-order valence-corrected chi connectivity index (χ3v) is 5.34. The van der Waals surface area contributed by atoms with Gasteiger partial charge in [0.05, 0.1) is 14.1 Å². The van der Waals surface area contributed by atoms with Gasteiger partial charge in [0.15, 0.2) is 0 Å². The largest absolute Gasteiger partial charge is 0.321 e. The average Bonchev–Trinajstić information content (AvgIpc) is 2.75. The first kappa shape index (κ1) is 19.2. The molecule has 0 heterocycles. The van der Waals surface area contributed by atoms with Crippen LogP contribution in [0.2, 0.25) is 0 Å². The zero-order valence-electron chi connectivity index (χ0n) is 17.3. The first-order valence-electron chi connectivity index (χ1n) is 10.2. The van der Waals surface area contributed by atoms with Crippen molar-refractivity contribution in [2.24, 2.45) is 0 Å². The summed E-state index contributed by atoms with van der Waals surface area (Å²) in [6.07, 6.45) is 0. The summed E-state index contributed by atoms with van der Waals surface area (Å²) in [7, 11) is 4.60. The minimum absolute atomic E-state index is 0.926. The molecule has 0 bridgehead atoms. The first-order valence-corrected chi connectivity index (χ1v) is 10.2. The van der Waals surface area contributed by atoms with Gasteiger partial charge in [-0.2, -0.15) is 0 Å². The maximum absolute atomic E-state index is 2.30. The van der Waals surface area contributed by atoms with Crippen LogP contribution in [0.4, 0.5) is 0 Å². The maximum Gasteiger partial charge on any atom is 0.104 e. The molecule has 0 saturated heterocycles. The molecule has 0 unspecified atom stereocenters. The van der Waals surface area contributed by atoms with Crippen LogP contribution >= 0.6 is 0 Å². The molecule has 1 heteroatoms. The minimum atomic E-state index is 0.926. The van der Waals surface area contributed by atoms with Crippen molar-refractivity contribution in [2.75, 3.05) is 14.1 Å². The Morgan fingerprint density at radius 2 is 0.724 bits per heavy atom. The average molecular weight is 379 g/mol. The third-order valence-electron chi connectivity index (χ3n) is 5.34. The van der Waals surface area contributed by atoms with Gasteiger partial charge < -0.3 is 4.48 Å². The lowest BCUT2D eigenvalue weighted by Gasteiger charge is -2.30. The van der Waals surface area contributed by atoms with E-state index in [1.807, 2.05) is 0 Å². The Morgan fingerprint density at radius 1 is 0.414 bits per heavy atom. The second kappa shape index (κ2) is 8.46. The molecule has 0 atom stereocenters. The Morgan fingerprint density at radius 3 is 1.07 bits per heavy atom. The van der Waals surface area contributed by atoms with E-state index in [1.165, 1.54) is 33.4 Å². The van der Waals surface area contributed by atoms with E-state index in [1.54, 1.807) is 0 Å². The fraction of sp³-hybridized carbons (Fsp3) is 0.143. The third kappa shape index (κ3) is 5.01. The molecule has 144 valence electrons. The molecule has 0 spiro atoms. The summed E-state index contributed by atoms with van der Waals surface area (Å²) in [5.74, 6) is 0. The standard InChI is InChI=1S/C28H28N/c1-29(2,21-23-13-17-27(18-14-23)25-9-5-3-6-10-25)22-24-15-19-28(20-16-24)26-11-7-4-8-12-26/h3-20H,21-22H2,1-2H3/q+1. The highest BCUT2D eigenvalue weighted by Gasteiger charge is 2.17. The fourth-order valence-corrected chi connectivity index (χ4v) is 3.91. The molecule has 0 N–H and O–H groups in total. The Hall–Kier alpha value is -3.16. The van der Waals surface area contributed by atoms with Crippen LogP contribution in [0.3, 0.4) is 0 Å². The van der Waals surface area contributed by atoms with Crippen LogP contribution in [0.1, 0.15) is 11.1 Å². The summed E-state index contributed by atoms with van der Waals surface area (Å²) >= 11 is 0. The van der Waals surface area contributed by atoms with Gasteiger partial charge in [-0.15, -0.1) is 0 Å². The second-order valence-corrected chi connectivity index (χ2v) is 8.38. The summed E-state index contributed by atoms with van der Waals surface area (Å²) in [5, 5.41) is 0. The van der Waals surface area contributed by atoms with Gasteiger partial charge in [-0.3, -0.25) is 0 Å². The van der Waals surface area contributed by atoms with Gasteiger partial charge in [0.1, 0.15) is 13.1 Å². The number of quaternary nitrogens is 1. The molecule has 4 rings (SSSR count). The van der Waals surface area contributed by atoms with Gasteiger partial charge in [-0.25, -0.2) is 0 Å². The molecule has 1 nitrogen and oxygen atoms in total. The van der Waals surface area contributed by atoms with Crippen LogP contribution in [0.15, 0.2) is 109 Å². The van der Waals surface area contributed by atoms with Crippen LogP contribution in [0, 0.1) is 0 Å². The SMILES string of the molecule is C[N+](C)(Cc1ccc(-c2ccccc2)cc1)Cc1ccc(-c2ccccc2)cc1. The van der Waals surface area contributed by atoms with E-state index in [9.17, 15) is 0 Å². The van der Waals surface area contributed by atoms with Gasteiger partial charge in [-0.05, 0) is 22.3 Å². The maximum atomic E-state index is 2.30. The monoisotopic (exact) mass is 378 g/mol. The molecule has 0 fully saturated rings. The van der Waals surface area contributed by atoms with E-state index in [0.717, 1.165) is 17.6 Å². The van der Waals surface area contributed by atoms with Gasteiger partial charge in [0.2, 0.25) is 0 Å². The van der Waals surface area contributed by atoms with Gasteiger partial charge in [0, 0.05) is 11.1 Å². The summed E-state index contributed by atoms with van der Waals surface area (Å²) < 4.78 is 0.926. The first-order chi connectivity index (χ1) is 14.1. The normalized spacial score (nSPS) is 11.4. The molecule has 0 aliphatic rings. The topological polar surface area (TPSA) is 0 Å². The molecule has 0 saturated carbocycles. The highest BCUT2D eigenvalue weighted by molar-refractivity contribution is 5.64. The molecule has 29 heavy (non-hydrogen) atoms. The predicted molar refractivity (Wildman–Crippen MR) is 123 cm³/mol. The van der Waals surface area contributed by atoms with E-state index in [2.05, 4.69) is 123 Å². The van der Waals surface area contributed by atoms with Gasteiger partial charge in [0.25, 0.3) is 0 Å². The van der Waals surface area contributed by atoms with Crippen molar-refractivity contribution in [1.82, 2.24) is 0 Å². The number of hydrogen-bond donors (Lipinski definition) is 0. The van der Waals surface area contributed by atoms with Crippen molar-refractivity contribution >= 4 is 0 Å². The Bertz CT molecular complexity index is 944. The Kier molecular flexibility index (Phi) is 5.59. The van der Waals surface area contributed by atoms with Gasteiger partial charge >= 0.3 is 0 Å². The van der Waals surface area contributed by atoms with Crippen LogP contribution in [-0.2, 0) is 13.1 Å². The Labute approximate surface area is 174 Å². The highest BCUT2D eigenvalue weighted by Crippen LogP contribution is 2.23. The molecular formula is C28H28N+. The van der Waals surface area contributed by atoms with Crippen molar-refractivity contribution < 1.29 is 4.48 Å². The van der Waals surface area contributed by atoms with Crippen molar-refractivity contribution in [2.45, 2.75) is 13.1 Å². The van der Waals surface area contributed by atoms with Gasteiger partial charge in [-0.1, -0.05) is 109 Å². The summed E-state index contributed by atoms with van der Waals surface area (Å²) in [6, 6.07) is 39.1. The van der Waals surface area contributed by atoms with Crippen molar-refractivity contribution in [3.05, 3.63) is 120 Å². The van der Waals surface area contributed by atoms with Crippen LogP contribution in [0.25, 0.3) is 22.3 Å². The second-order valence-electron chi connectivity index (χ2n) is 8.38. The molecule has 4 aromatic carbocycles. The zero-order chi connectivity index (χ0) is 20.1. The van der Waals surface area contributed by atoms with Crippen molar-refractivity contribution in [3.63, 3.8) is 0 Å². The van der Waals surface area contributed by atoms with E-state index < -0.39 is 0 Å². The van der Waals surface area contributed by atoms with E-state index >= 15 is 0 Å². The van der Waals surface area contributed by atoms with E-state index in [0.29, 0.717) is 0 Å². The number of rotatable bonds is 6. The smallest absolute Gasteiger partial charge is 0.104 e. The summed E-state index contributed by atoms with van der Waals surface area (Å²) in [6.45, 7) is 2.02. The lowest BCUT2D eigenvalue weighted by atomic mass is 10.0. The number of benzene rings is 4. The lowest BCUT2D eigenvalue weighted by Crippen LogP contribution is -2.37. The molecule has 0 amide bonds. The van der Waals surface area contributed by atoms with Crippen LogP contribution < -0.4 is 0 Å². The molecule has 0 aromatic heterocycles. The summed E-state index contributed by atoms with van der Waals surface area (Å²) in [4.78, 5) is 0.